The van der Waals surface area contributed by atoms with E-state index >= 15 is 0 Å². The lowest BCUT2D eigenvalue weighted by Crippen LogP contribution is -2.43. The van der Waals surface area contributed by atoms with Crippen LogP contribution in [0.2, 0.25) is 18.1 Å². The molecule has 0 fully saturated rings. The first-order valence-corrected chi connectivity index (χ1v) is 12.8. The summed E-state index contributed by atoms with van der Waals surface area (Å²) in [6, 6.07) is 9.86. The summed E-state index contributed by atoms with van der Waals surface area (Å²) in [6.45, 7) is 11.9. The number of hydrogen-bond acceptors (Lipinski definition) is 6. The molecule has 30 heavy (non-hydrogen) atoms. The molecule has 1 aliphatic heterocycles. The lowest BCUT2D eigenvalue weighted by atomic mass is 9.95. The number of Topliss-reactive ketones (excluding diaryl/α,β-unsaturated/α-hetero) is 1. The van der Waals surface area contributed by atoms with Crippen molar-refractivity contribution in [1.82, 2.24) is 0 Å². The lowest BCUT2D eigenvalue weighted by Gasteiger charge is -2.37. The van der Waals surface area contributed by atoms with Crippen molar-refractivity contribution in [3.63, 3.8) is 0 Å². The Labute approximate surface area is 177 Å². The van der Waals surface area contributed by atoms with Crippen LogP contribution in [0.25, 0.3) is 0 Å². The number of esters is 1. The molecule has 6 nitrogen and oxygen atoms in total. The van der Waals surface area contributed by atoms with Gasteiger partial charge in [0.15, 0.2) is 5.78 Å². The first-order valence-electron chi connectivity index (χ1n) is 9.91. The molecular weight excluding hydrogens is 400 g/mol. The van der Waals surface area contributed by atoms with Crippen molar-refractivity contribution in [1.29, 1.82) is 0 Å². The number of ether oxygens (including phenoxy) is 2. The SMILES string of the molecule is CC(=O)Oc1cc(O[Si](C)(C)C(C)(C)C)cc2c1C(=O)C[C@H](c1ccc(O)cc1)O2. The van der Waals surface area contributed by atoms with E-state index in [1.165, 1.54) is 6.92 Å². The molecule has 0 aliphatic carbocycles. The van der Waals surface area contributed by atoms with E-state index in [0.717, 1.165) is 5.56 Å². The Bertz CT molecular complexity index is 972. The first-order chi connectivity index (χ1) is 13.9. The molecule has 7 heteroatoms. The normalized spacial score (nSPS) is 16.5. The van der Waals surface area contributed by atoms with Crippen molar-refractivity contribution < 1.29 is 28.6 Å². The van der Waals surface area contributed by atoms with Gasteiger partial charge in [0.2, 0.25) is 8.32 Å². The lowest BCUT2D eigenvalue weighted by molar-refractivity contribution is -0.131. The van der Waals surface area contributed by atoms with E-state index in [-0.39, 0.29) is 34.3 Å². The number of rotatable bonds is 4. The van der Waals surface area contributed by atoms with Crippen molar-refractivity contribution in [2.45, 2.75) is 58.4 Å². The van der Waals surface area contributed by atoms with Gasteiger partial charge in [-0.3, -0.25) is 9.59 Å². The summed E-state index contributed by atoms with van der Waals surface area (Å²) in [4.78, 5) is 24.6. The maximum absolute atomic E-state index is 12.9. The topological polar surface area (TPSA) is 82.1 Å². The molecule has 0 amide bonds. The van der Waals surface area contributed by atoms with E-state index in [9.17, 15) is 14.7 Å². The molecule has 1 N–H and O–H groups in total. The highest BCUT2D eigenvalue weighted by Gasteiger charge is 2.40. The molecule has 0 saturated carbocycles. The predicted molar refractivity (Wildman–Crippen MR) is 116 cm³/mol. The largest absolute Gasteiger partial charge is 0.543 e. The fourth-order valence-corrected chi connectivity index (χ4v) is 4.03. The van der Waals surface area contributed by atoms with Crippen molar-refractivity contribution in [2.24, 2.45) is 0 Å². The highest BCUT2D eigenvalue weighted by molar-refractivity contribution is 6.74. The van der Waals surface area contributed by atoms with Crippen LogP contribution in [0.3, 0.4) is 0 Å². The highest BCUT2D eigenvalue weighted by Crippen LogP contribution is 2.45. The molecule has 0 spiro atoms. The number of phenolic OH excluding ortho intramolecular Hbond substituents is 1. The van der Waals surface area contributed by atoms with Crippen LogP contribution >= 0.6 is 0 Å². The molecule has 0 unspecified atom stereocenters. The van der Waals surface area contributed by atoms with Gasteiger partial charge >= 0.3 is 5.97 Å². The third-order valence-corrected chi connectivity index (χ3v) is 10.0. The number of carbonyl (C=O) groups is 2. The average molecular weight is 429 g/mol. The molecule has 1 aliphatic rings. The maximum Gasteiger partial charge on any atom is 0.308 e. The first kappa shape index (κ1) is 21.9. The summed E-state index contributed by atoms with van der Waals surface area (Å²) in [5.74, 6) is 0.443. The Morgan fingerprint density at radius 2 is 1.80 bits per heavy atom. The van der Waals surface area contributed by atoms with Crippen LogP contribution in [0.15, 0.2) is 36.4 Å². The van der Waals surface area contributed by atoms with Gasteiger partial charge in [0.1, 0.15) is 34.7 Å². The van der Waals surface area contributed by atoms with Crippen LogP contribution in [0.4, 0.5) is 0 Å². The Balaban J connectivity index is 2.03. The second-order valence-corrected chi connectivity index (χ2v) is 13.8. The molecule has 1 atom stereocenters. The molecule has 3 rings (SSSR count). The van der Waals surface area contributed by atoms with E-state index in [1.807, 2.05) is 0 Å². The molecule has 0 saturated heterocycles. The standard InChI is InChI=1S/C23H28O6Si/c1-14(24)27-20-11-17(29-30(5,6)23(2,3)4)12-21-22(20)18(26)13-19(28-21)15-7-9-16(25)10-8-15/h7-12,19,25H,13H2,1-6H3/t19-/m1/s1. The summed E-state index contributed by atoms with van der Waals surface area (Å²) >= 11 is 0. The summed E-state index contributed by atoms with van der Waals surface area (Å²) in [6.07, 6.45) is -0.395. The number of benzene rings is 2. The minimum Gasteiger partial charge on any atom is -0.543 e. The highest BCUT2D eigenvalue weighted by atomic mass is 28.4. The van der Waals surface area contributed by atoms with E-state index in [2.05, 4.69) is 33.9 Å². The second-order valence-electron chi connectivity index (χ2n) is 9.08. The fraction of sp³-hybridized carbons (Fsp3) is 0.391. The number of carbonyl (C=O) groups excluding carboxylic acids is 2. The second kappa shape index (κ2) is 7.79. The van der Waals surface area contributed by atoms with Gasteiger partial charge in [-0.2, -0.15) is 0 Å². The number of fused-ring (bicyclic) bond motifs is 1. The van der Waals surface area contributed by atoms with E-state index < -0.39 is 20.4 Å². The van der Waals surface area contributed by atoms with E-state index in [1.54, 1.807) is 36.4 Å². The number of phenols is 1. The summed E-state index contributed by atoms with van der Waals surface area (Å²) < 4.78 is 17.8. The molecule has 160 valence electrons. The Morgan fingerprint density at radius 3 is 2.37 bits per heavy atom. The van der Waals surface area contributed by atoms with Gasteiger partial charge in [-0.25, -0.2) is 0 Å². The van der Waals surface area contributed by atoms with Gasteiger partial charge in [0.05, 0.1) is 6.42 Å². The Kier molecular flexibility index (Phi) is 5.69. The number of aromatic hydroxyl groups is 1. The zero-order valence-corrected chi connectivity index (χ0v) is 19.2. The zero-order chi connectivity index (χ0) is 22.3. The monoisotopic (exact) mass is 428 g/mol. The molecule has 2 aromatic carbocycles. The molecule has 0 aromatic heterocycles. The van der Waals surface area contributed by atoms with Crippen LogP contribution in [0.5, 0.6) is 23.0 Å². The quantitative estimate of drug-likeness (QED) is 0.398. The van der Waals surface area contributed by atoms with Crippen molar-refractivity contribution in [2.75, 3.05) is 0 Å². The van der Waals surface area contributed by atoms with Crippen LogP contribution in [-0.4, -0.2) is 25.2 Å². The van der Waals surface area contributed by atoms with Gasteiger partial charge < -0.3 is 19.0 Å². The minimum absolute atomic E-state index is 0.0320. The predicted octanol–water partition coefficient (Wildman–Crippen LogP) is 5.41. The molecule has 1 heterocycles. The number of ketones is 1. The third-order valence-electron chi connectivity index (χ3n) is 5.66. The van der Waals surface area contributed by atoms with Crippen LogP contribution in [-0.2, 0) is 4.79 Å². The molecule has 2 aromatic rings. The van der Waals surface area contributed by atoms with Crippen LogP contribution < -0.4 is 13.9 Å². The molecular formula is C23H28O6Si. The van der Waals surface area contributed by atoms with Gasteiger partial charge in [-0.15, -0.1) is 0 Å². The van der Waals surface area contributed by atoms with Gasteiger partial charge in [-0.1, -0.05) is 32.9 Å². The molecule has 0 bridgehead atoms. The van der Waals surface area contributed by atoms with Crippen LogP contribution in [0, 0.1) is 0 Å². The smallest absolute Gasteiger partial charge is 0.308 e. The average Bonchev–Trinajstić information content (AvgIpc) is 2.59. The molecule has 0 radical (unpaired) electrons. The van der Waals surface area contributed by atoms with Crippen molar-refractivity contribution >= 4 is 20.1 Å². The fourth-order valence-electron chi connectivity index (χ4n) is 3.02. The van der Waals surface area contributed by atoms with Crippen LogP contribution in [0.1, 0.15) is 56.1 Å². The summed E-state index contributed by atoms with van der Waals surface area (Å²) in [7, 11) is -2.17. The van der Waals surface area contributed by atoms with Crippen molar-refractivity contribution in [3.8, 4) is 23.0 Å². The Hall–Kier alpha value is -2.80. The van der Waals surface area contributed by atoms with Crippen molar-refractivity contribution in [3.05, 3.63) is 47.5 Å². The van der Waals surface area contributed by atoms with Gasteiger partial charge in [0, 0.05) is 19.1 Å². The zero-order valence-electron chi connectivity index (χ0n) is 18.2. The summed E-state index contributed by atoms with van der Waals surface area (Å²) in [5, 5.41) is 9.49. The maximum atomic E-state index is 12.9. The van der Waals surface area contributed by atoms with Gasteiger partial charge in [-0.05, 0) is 35.8 Å². The minimum atomic E-state index is -2.17. The van der Waals surface area contributed by atoms with E-state index in [0.29, 0.717) is 11.5 Å². The third kappa shape index (κ3) is 4.51. The Morgan fingerprint density at radius 1 is 1.17 bits per heavy atom. The number of hydrogen-bond donors (Lipinski definition) is 1. The van der Waals surface area contributed by atoms with E-state index in [4.69, 9.17) is 13.9 Å². The van der Waals surface area contributed by atoms with Gasteiger partial charge in [0.25, 0.3) is 0 Å². The summed E-state index contributed by atoms with van der Waals surface area (Å²) in [5.41, 5.74) is 1.03.